The molecule has 1 amide bonds. The molecule has 2 atom stereocenters. The van der Waals surface area contributed by atoms with Crippen LogP contribution >= 0.6 is 0 Å². The van der Waals surface area contributed by atoms with Gasteiger partial charge in [-0.1, -0.05) is 25.1 Å². The molecule has 0 saturated heterocycles. The number of benzene rings is 1. The molecule has 2 rings (SSSR count). The highest BCUT2D eigenvalue weighted by Crippen LogP contribution is 2.25. The molecule has 1 unspecified atom stereocenters. The van der Waals surface area contributed by atoms with Gasteiger partial charge in [-0.25, -0.2) is 0 Å². The first-order chi connectivity index (χ1) is 10.1. The Morgan fingerprint density at radius 2 is 2.14 bits per heavy atom. The van der Waals surface area contributed by atoms with Gasteiger partial charge < -0.3 is 15.7 Å². The number of carbonyl (C=O) groups excluding carboxylic acids is 1. The van der Waals surface area contributed by atoms with Crippen molar-refractivity contribution in [2.24, 2.45) is 5.92 Å². The Morgan fingerprint density at radius 3 is 2.86 bits per heavy atom. The Kier molecular flexibility index (Phi) is 5.20. The van der Waals surface area contributed by atoms with Crippen LogP contribution in [0.2, 0.25) is 0 Å². The van der Waals surface area contributed by atoms with Gasteiger partial charge in [-0.05, 0) is 30.4 Å². The number of carboxylic acids is 1. The number of para-hydroxylation sites is 1. The zero-order valence-electron chi connectivity index (χ0n) is 12.3. The molecule has 0 fully saturated rings. The number of rotatable bonds is 7. The van der Waals surface area contributed by atoms with Crippen LogP contribution in [0.4, 0.5) is 5.69 Å². The van der Waals surface area contributed by atoms with Crippen molar-refractivity contribution < 1.29 is 14.7 Å². The van der Waals surface area contributed by atoms with E-state index in [9.17, 15) is 9.59 Å². The standard InChI is InChI=1S/C16H22N2O3/c1-11(6-7-15(19)20)8-9-17-16(21)14-10-12-4-2-3-5-13(12)18-14/h2-5,11,14,18H,6-10H2,1H3,(H,17,21)(H,19,20)/t11?,14-/m0/s1. The fourth-order valence-corrected chi connectivity index (χ4v) is 2.54. The van der Waals surface area contributed by atoms with Crippen LogP contribution in [0.5, 0.6) is 0 Å². The van der Waals surface area contributed by atoms with E-state index >= 15 is 0 Å². The Morgan fingerprint density at radius 1 is 1.38 bits per heavy atom. The topological polar surface area (TPSA) is 78.4 Å². The first-order valence-corrected chi connectivity index (χ1v) is 7.40. The van der Waals surface area contributed by atoms with Crippen LogP contribution in [0.3, 0.4) is 0 Å². The van der Waals surface area contributed by atoms with Crippen molar-refractivity contribution in [3.63, 3.8) is 0 Å². The predicted octanol–water partition coefficient (Wildman–Crippen LogP) is 2.03. The van der Waals surface area contributed by atoms with Gasteiger partial charge in [0.05, 0.1) is 0 Å². The second kappa shape index (κ2) is 7.11. The summed E-state index contributed by atoms with van der Waals surface area (Å²) in [6.45, 7) is 2.60. The summed E-state index contributed by atoms with van der Waals surface area (Å²) in [7, 11) is 0. The lowest BCUT2D eigenvalue weighted by Gasteiger charge is -2.14. The molecule has 1 aliphatic heterocycles. The van der Waals surface area contributed by atoms with Crippen LogP contribution in [-0.4, -0.2) is 29.6 Å². The van der Waals surface area contributed by atoms with E-state index in [2.05, 4.69) is 10.6 Å². The van der Waals surface area contributed by atoms with E-state index in [1.165, 1.54) is 5.56 Å². The number of hydrogen-bond acceptors (Lipinski definition) is 3. The molecule has 0 bridgehead atoms. The fourth-order valence-electron chi connectivity index (χ4n) is 2.54. The van der Waals surface area contributed by atoms with Crippen LogP contribution < -0.4 is 10.6 Å². The zero-order valence-corrected chi connectivity index (χ0v) is 12.3. The average molecular weight is 290 g/mol. The van der Waals surface area contributed by atoms with Gasteiger partial charge >= 0.3 is 5.97 Å². The third-order valence-corrected chi connectivity index (χ3v) is 3.87. The summed E-state index contributed by atoms with van der Waals surface area (Å²) in [6.07, 6.45) is 2.36. The fraction of sp³-hybridized carbons (Fsp3) is 0.500. The number of amides is 1. The molecule has 114 valence electrons. The number of carboxylic acid groups (broad SMARTS) is 1. The van der Waals surface area contributed by atoms with Gasteiger partial charge in [0.1, 0.15) is 6.04 Å². The molecule has 0 spiro atoms. The lowest BCUT2D eigenvalue weighted by molar-refractivity contribution is -0.137. The van der Waals surface area contributed by atoms with Crippen molar-refractivity contribution in [2.45, 2.75) is 38.6 Å². The number of fused-ring (bicyclic) bond motifs is 1. The quantitative estimate of drug-likeness (QED) is 0.718. The molecular weight excluding hydrogens is 268 g/mol. The van der Waals surface area contributed by atoms with Gasteiger partial charge in [0.25, 0.3) is 0 Å². The number of carbonyl (C=O) groups is 2. The van der Waals surface area contributed by atoms with E-state index in [-0.39, 0.29) is 18.4 Å². The maximum Gasteiger partial charge on any atom is 0.303 e. The molecule has 1 aromatic rings. The van der Waals surface area contributed by atoms with Crippen LogP contribution in [-0.2, 0) is 16.0 Å². The monoisotopic (exact) mass is 290 g/mol. The third-order valence-electron chi connectivity index (χ3n) is 3.87. The minimum atomic E-state index is -0.765. The van der Waals surface area contributed by atoms with Crippen molar-refractivity contribution in [1.82, 2.24) is 5.32 Å². The second-order valence-electron chi connectivity index (χ2n) is 5.68. The number of hydrogen-bond donors (Lipinski definition) is 3. The smallest absolute Gasteiger partial charge is 0.303 e. The molecule has 21 heavy (non-hydrogen) atoms. The lowest BCUT2D eigenvalue weighted by Crippen LogP contribution is -2.39. The van der Waals surface area contributed by atoms with Crippen molar-refractivity contribution >= 4 is 17.6 Å². The molecule has 5 nitrogen and oxygen atoms in total. The lowest BCUT2D eigenvalue weighted by atomic mass is 10.0. The van der Waals surface area contributed by atoms with E-state index in [4.69, 9.17) is 5.11 Å². The van der Waals surface area contributed by atoms with Gasteiger partial charge in [-0.3, -0.25) is 9.59 Å². The van der Waals surface area contributed by atoms with Gasteiger partial charge in [-0.2, -0.15) is 0 Å². The van der Waals surface area contributed by atoms with Crippen molar-refractivity contribution in [3.05, 3.63) is 29.8 Å². The Bertz CT molecular complexity index is 491. The SMILES string of the molecule is CC(CCNC(=O)[C@@H]1Cc2ccccc2N1)CCC(=O)O. The predicted molar refractivity (Wildman–Crippen MR) is 81.2 cm³/mol. The summed E-state index contributed by atoms with van der Waals surface area (Å²) < 4.78 is 0. The van der Waals surface area contributed by atoms with E-state index in [1.54, 1.807) is 0 Å². The van der Waals surface area contributed by atoms with Crippen molar-refractivity contribution in [2.75, 3.05) is 11.9 Å². The number of nitrogens with one attached hydrogen (secondary N) is 2. The number of aliphatic carboxylic acids is 1. The Balaban J connectivity index is 1.68. The second-order valence-corrected chi connectivity index (χ2v) is 5.68. The highest BCUT2D eigenvalue weighted by molar-refractivity contribution is 5.87. The molecule has 0 radical (unpaired) electrons. The van der Waals surface area contributed by atoms with Crippen LogP contribution in [0, 0.1) is 5.92 Å². The molecule has 1 aliphatic rings. The normalized spacial score (nSPS) is 17.7. The van der Waals surface area contributed by atoms with Gasteiger partial charge in [-0.15, -0.1) is 0 Å². The molecule has 0 aromatic heterocycles. The van der Waals surface area contributed by atoms with E-state index in [1.807, 2.05) is 31.2 Å². The molecule has 5 heteroatoms. The van der Waals surface area contributed by atoms with Crippen LogP contribution in [0.15, 0.2) is 24.3 Å². The summed E-state index contributed by atoms with van der Waals surface area (Å²) in [5.74, 6) is -0.453. The van der Waals surface area contributed by atoms with E-state index in [0.717, 1.165) is 18.5 Å². The minimum absolute atomic E-state index is 0.0108. The number of anilines is 1. The van der Waals surface area contributed by atoms with Gasteiger partial charge in [0.15, 0.2) is 0 Å². The average Bonchev–Trinajstić information content (AvgIpc) is 2.89. The summed E-state index contributed by atoms with van der Waals surface area (Å²) in [5.41, 5.74) is 2.21. The van der Waals surface area contributed by atoms with E-state index < -0.39 is 5.97 Å². The van der Waals surface area contributed by atoms with Crippen molar-refractivity contribution in [1.29, 1.82) is 0 Å². The molecule has 1 aromatic carbocycles. The largest absolute Gasteiger partial charge is 0.481 e. The zero-order chi connectivity index (χ0) is 15.2. The maximum absolute atomic E-state index is 12.1. The molecule has 1 heterocycles. The van der Waals surface area contributed by atoms with Gasteiger partial charge in [0, 0.05) is 25.1 Å². The van der Waals surface area contributed by atoms with E-state index in [0.29, 0.717) is 18.9 Å². The first-order valence-electron chi connectivity index (χ1n) is 7.40. The highest BCUT2D eigenvalue weighted by atomic mass is 16.4. The summed E-state index contributed by atoms with van der Waals surface area (Å²) in [6, 6.07) is 7.75. The third kappa shape index (κ3) is 4.48. The van der Waals surface area contributed by atoms with Crippen LogP contribution in [0.25, 0.3) is 0 Å². The molecular formula is C16H22N2O3. The van der Waals surface area contributed by atoms with Crippen LogP contribution in [0.1, 0.15) is 31.7 Å². The molecule has 3 N–H and O–H groups in total. The molecule has 0 aliphatic carbocycles. The first kappa shape index (κ1) is 15.4. The Labute approximate surface area is 124 Å². The summed E-state index contributed by atoms with van der Waals surface area (Å²) >= 11 is 0. The maximum atomic E-state index is 12.1. The minimum Gasteiger partial charge on any atom is -0.481 e. The summed E-state index contributed by atoms with van der Waals surface area (Å²) in [4.78, 5) is 22.6. The van der Waals surface area contributed by atoms with Crippen molar-refractivity contribution in [3.8, 4) is 0 Å². The summed E-state index contributed by atoms with van der Waals surface area (Å²) in [5, 5.41) is 14.8. The Hall–Kier alpha value is -2.04. The van der Waals surface area contributed by atoms with Gasteiger partial charge in [0.2, 0.25) is 5.91 Å². The molecule has 0 saturated carbocycles. The highest BCUT2D eigenvalue weighted by Gasteiger charge is 2.25.